The van der Waals surface area contributed by atoms with Gasteiger partial charge in [-0.05, 0) is 49.9 Å². The van der Waals surface area contributed by atoms with E-state index in [1.807, 2.05) is 0 Å². The average molecular weight is 262 g/mol. The quantitative estimate of drug-likeness (QED) is 0.792. The smallest absolute Gasteiger partial charge is 0.152 e. The summed E-state index contributed by atoms with van der Waals surface area (Å²) in [4.78, 5) is 0. The van der Waals surface area contributed by atoms with Crippen molar-refractivity contribution in [1.29, 1.82) is 0 Å². The molecular weight excluding hydrogens is 246 g/mol. The van der Waals surface area contributed by atoms with E-state index in [1.54, 1.807) is 0 Å². The van der Waals surface area contributed by atoms with E-state index in [0.717, 1.165) is 17.3 Å². The number of aromatic nitrogens is 3. The molecular formula is C14H16ClN3. The summed E-state index contributed by atoms with van der Waals surface area (Å²) in [6.45, 7) is 4.25. The van der Waals surface area contributed by atoms with Gasteiger partial charge in [0.2, 0.25) is 0 Å². The molecule has 0 radical (unpaired) electrons. The van der Waals surface area contributed by atoms with Crippen LogP contribution < -0.4 is 0 Å². The third-order valence-electron chi connectivity index (χ3n) is 3.57. The molecule has 0 saturated heterocycles. The molecule has 1 heterocycles. The second-order valence-corrected chi connectivity index (χ2v) is 5.25. The number of aryl methyl sites for hydroxylation is 2. The fraction of sp³-hybridized carbons (Fsp3) is 0.429. The zero-order valence-corrected chi connectivity index (χ0v) is 11.4. The molecule has 0 unspecified atom stereocenters. The molecule has 1 fully saturated rings. The van der Waals surface area contributed by atoms with E-state index < -0.39 is 0 Å². The van der Waals surface area contributed by atoms with E-state index in [1.165, 1.54) is 24.0 Å². The minimum atomic E-state index is 0.395. The molecule has 4 heteroatoms. The Balaban J connectivity index is 2.13. The first-order chi connectivity index (χ1) is 8.70. The highest BCUT2D eigenvalue weighted by Gasteiger charge is 2.30. The molecule has 0 amide bonds. The highest BCUT2D eigenvalue weighted by atomic mass is 35.5. The Morgan fingerprint density at radius 2 is 2.00 bits per heavy atom. The summed E-state index contributed by atoms with van der Waals surface area (Å²) < 4.78 is 2.12. The number of benzene rings is 1. The van der Waals surface area contributed by atoms with Crippen molar-refractivity contribution in [2.75, 3.05) is 0 Å². The fourth-order valence-electron chi connectivity index (χ4n) is 2.17. The van der Waals surface area contributed by atoms with Gasteiger partial charge in [0, 0.05) is 11.6 Å². The predicted octanol–water partition coefficient (Wildman–Crippen LogP) is 3.50. The van der Waals surface area contributed by atoms with E-state index in [4.69, 9.17) is 11.6 Å². The molecule has 2 aromatic rings. The van der Waals surface area contributed by atoms with Crippen LogP contribution in [0.1, 0.15) is 41.5 Å². The van der Waals surface area contributed by atoms with Crippen LogP contribution in [0.25, 0.3) is 5.69 Å². The van der Waals surface area contributed by atoms with Crippen molar-refractivity contribution < 1.29 is 0 Å². The Morgan fingerprint density at radius 1 is 1.22 bits per heavy atom. The molecule has 1 aliphatic rings. The molecule has 18 heavy (non-hydrogen) atoms. The first kappa shape index (κ1) is 11.7. The van der Waals surface area contributed by atoms with Crippen LogP contribution >= 0.6 is 11.6 Å². The van der Waals surface area contributed by atoms with Crippen molar-refractivity contribution in [3.05, 3.63) is 41.0 Å². The maximum atomic E-state index is 5.97. The lowest BCUT2D eigenvalue weighted by Gasteiger charge is -2.11. The van der Waals surface area contributed by atoms with Crippen molar-refractivity contribution in [1.82, 2.24) is 14.8 Å². The largest absolute Gasteiger partial charge is 0.282 e. The number of halogens is 1. The number of hydrogen-bond acceptors (Lipinski definition) is 2. The van der Waals surface area contributed by atoms with E-state index in [0.29, 0.717) is 11.8 Å². The second kappa shape index (κ2) is 4.39. The summed E-state index contributed by atoms with van der Waals surface area (Å²) >= 11 is 5.97. The molecule has 1 aromatic heterocycles. The molecule has 0 aliphatic heterocycles. The standard InChI is InChI=1S/C14H16ClN3/c1-9-3-6-12(7-10(9)2)18-13(8-15)16-17-14(18)11-4-5-11/h3,6-7,11H,4-5,8H2,1-2H3. The zero-order chi connectivity index (χ0) is 12.7. The third-order valence-corrected chi connectivity index (χ3v) is 3.80. The molecule has 0 bridgehead atoms. The summed E-state index contributed by atoms with van der Waals surface area (Å²) in [7, 11) is 0. The maximum Gasteiger partial charge on any atom is 0.152 e. The minimum absolute atomic E-state index is 0.395. The molecule has 0 atom stereocenters. The van der Waals surface area contributed by atoms with E-state index in [2.05, 4.69) is 46.8 Å². The highest BCUT2D eigenvalue weighted by Crippen LogP contribution is 2.40. The molecule has 1 aromatic carbocycles. The van der Waals surface area contributed by atoms with Crippen LogP contribution in [0, 0.1) is 13.8 Å². The molecule has 3 rings (SSSR count). The van der Waals surface area contributed by atoms with Crippen molar-refractivity contribution >= 4 is 11.6 Å². The summed E-state index contributed by atoms with van der Waals surface area (Å²) in [6.07, 6.45) is 2.43. The normalized spacial score (nSPS) is 15.1. The Bertz CT molecular complexity index is 585. The average Bonchev–Trinajstić information content (AvgIpc) is 3.12. The molecule has 1 aliphatic carbocycles. The molecule has 94 valence electrons. The van der Waals surface area contributed by atoms with E-state index in [9.17, 15) is 0 Å². The summed E-state index contributed by atoms with van der Waals surface area (Å²) in [5, 5.41) is 8.51. The summed E-state index contributed by atoms with van der Waals surface area (Å²) in [5.41, 5.74) is 3.70. The third kappa shape index (κ3) is 1.93. The monoisotopic (exact) mass is 261 g/mol. The van der Waals surface area contributed by atoms with Gasteiger partial charge in [-0.1, -0.05) is 6.07 Å². The predicted molar refractivity (Wildman–Crippen MR) is 72.4 cm³/mol. The van der Waals surface area contributed by atoms with Crippen LogP contribution in [0.3, 0.4) is 0 Å². The fourth-order valence-corrected chi connectivity index (χ4v) is 2.34. The van der Waals surface area contributed by atoms with Gasteiger partial charge in [0.25, 0.3) is 0 Å². The van der Waals surface area contributed by atoms with Gasteiger partial charge in [-0.2, -0.15) is 0 Å². The van der Waals surface area contributed by atoms with Gasteiger partial charge in [0.1, 0.15) is 5.82 Å². The summed E-state index contributed by atoms with van der Waals surface area (Å²) in [6, 6.07) is 6.44. The van der Waals surface area contributed by atoms with Crippen LogP contribution in [0.2, 0.25) is 0 Å². The Hall–Kier alpha value is -1.35. The molecule has 0 spiro atoms. The first-order valence-electron chi connectivity index (χ1n) is 6.28. The van der Waals surface area contributed by atoms with Crippen LogP contribution in [0.15, 0.2) is 18.2 Å². The lowest BCUT2D eigenvalue weighted by atomic mass is 10.1. The van der Waals surface area contributed by atoms with E-state index >= 15 is 0 Å². The maximum absolute atomic E-state index is 5.97. The summed E-state index contributed by atoms with van der Waals surface area (Å²) in [5.74, 6) is 2.86. The highest BCUT2D eigenvalue weighted by molar-refractivity contribution is 6.16. The lowest BCUT2D eigenvalue weighted by Crippen LogP contribution is -2.04. The van der Waals surface area contributed by atoms with Crippen LogP contribution in [0.5, 0.6) is 0 Å². The number of hydrogen-bond donors (Lipinski definition) is 0. The Kier molecular flexibility index (Phi) is 2.86. The number of alkyl halides is 1. The SMILES string of the molecule is Cc1ccc(-n2c(CCl)nnc2C2CC2)cc1C. The van der Waals surface area contributed by atoms with Crippen LogP contribution in [-0.2, 0) is 5.88 Å². The van der Waals surface area contributed by atoms with Gasteiger partial charge in [-0.3, -0.25) is 4.57 Å². The van der Waals surface area contributed by atoms with Gasteiger partial charge in [0.05, 0.1) is 5.88 Å². The van der Waals surface area contributed by atoms with Crippen molar-refractivity contribution in [2.24, 2.45) is 0 Å². The van der Waals surface area contributed by atoms with Gasteiger partial charge in [0.15, 0.2) is 5.82 Å². The van der Waals surface area contributed by atoms with Gasteiger partial charge in [-0.25, -0.2) is 0 Å². The van der Waals surface area contributed by atoms with Crippen LogP contribution in [0.4, 0.5) is 0 Å². The van der Waals surface area contributed by atoms with Gasteiger partial charge < -0.3 is 0 Å². The molecule has 1 saturated carbocycles. The number of nitrogens with zero attached hydrogens (tertiary/aromatic N) is 3. The van der Waals surface area contributed by atoms with Crippen LogP contribution in [-0.4, -0.2) is 14.8 Å². The van der Waals surface area contributed by atoms with E-state index in [-0.39, 0.29) is 0 Å². The van der Waals surface area contributed by atoms with Gasteiger partial charge in [-0.15, -0.1) is 21.8 Å². The van der Waals surface area contributed by atoms with Crippen molar-refractivity contribution in [3.8, 4) is 5.69 Å². The van der Waals surface area contributed by atoms with Crippen molar-refractivity contribution in [3.63, 3.8) is 0 Å². The molecule has 0 N–H and O–H groups in total. The Morgan fingerprint density at radius 3 is 2.61 bits per heavy atom. The first-order valence-corrected chi connectivity index (χ1v) is 6.82. The molecule has 3 nitrogen and oxygen atoms in total. The zero-order valence-electron chi connectivity index (χ0n) is 10.7. The van der Waals surface area contributed by atoms with Crippen molar-refractivity contribution in [2.45, 2.75) is 38.5 Å². The van der Waals surface area contributed by atoms with Gasteiger partial charge >= 0.3 is 0 Å². The Labute approximate surface area is 112 Å². The lowest BCUT2D eigenvalue weighted by molar-refractivity contribution is 0.856. The second-order valence-electron chi connectivity index (χ2n) is 4.99. The minimum Gasteiger partial charge on any atom is -0.282 e. The number of rotatable bonds is 3. The topological polar surface area (TPSA) is 30.7 Å².